The lowest BCUT2D eigenvalue weighted by Gasteiger charge is -2.31. The van der Waals surface area contributed by atoms with Crippen molar-refractivity contribution >= 4 is 5.91 Å². The van der Waals surface area contributed by atoms with Crippen LogP contribution in [-0.4, -0.2) is 36.5 Å². The highest BCUT2D eigenvalue weighted by atomic mass is 16.1. The van der Waals surface area contributed by atoms with Crippen LogP contribution in [0, 0.1) is 5.41 Å². The maximum Gasteiger partial charge on any atom is 0.220 e. The molecular formula is C17H36N2O. The standard InChI is InChI=1S/C17H36N2O/c1-16(2,3)12-8-9-13-18-15(20)11-10-14-19(7)17(4,5)6/h8-14H2,1-7H3,(H,18,20). The number of hydrogen-bond donors (Lipinski definition) is 1. The molecule has 3 heteroatoms. The van der Waals surface area contributed by atoms with E-state index in [1.807, 2.05) is 0 Å². The quantitative estimate of drug-likeness (QED) is 0.687. The van der Waals surface area contributed by atoms with Crippen LogP contribution in [-0.2, 0) is 4.79 Å². The van der Waals surface area contributed by atoms with Crippen molar-refractivity contribution in [3.8, 4) is 0 Å². The average molecular weight is 284 g/mol. The molecule has 0 spiro atoms. The highest BCUT2D eigenvalue weighted by Gasteiger charge is 2.16. The van der Waals surface area contributed by atoms with Gasteiger partial charge >= 0.3 is 0 Å². The van der Waals surface area contributed by atoms with Gasteiger partial charge in [0.1, 0.15) is 0 Å². The maximum atomic E-state index is 11.7. The van der Waals surface area contributed by atoms with E-state index in [4.69, 9.17) is 0 Å². The Hall–Kier alpha value is -0.570. The van der Waals surface area contributed by atoms with Gasteiger partial charge in [0.05, 0.1) is 0 Å². The van der Waals surface area contributed by atoms with Gasteiger partial charge < -0.3 is 10.2 Å². The Morgan fingerprint density at radius 2 is 1.60 bits per heavy atom. The Labute approximate surface area is 126 Å². The van der Waals surface area contributed by atoms with Gasteiger partial charge in [-0.3, -0.25) is 4.79 Å². The van der Waals surface area contributed by atoms with Crippen LogP contribution in [0.2, 0.25) is 0 Å². The summed E-state index contributed by atoms with van der Waals surface area (Å²) in [6, 6.07) is 0. The van der Waals surface area contributed by atoms with Gasteiger partial charge in [0.25, 0.3) is 0 Å². The second kappa shape index (κ2) is 8.66. The lowest BCUT2D eigenvalue weighted by molar-refractivity contribution is -0.121. The zero-order valence-corrected chi connectivity index (χ0v) is 14.8. The van der Waals surface area contributed by atoms with Gasteiger partial charge in [-0.25, -0.2) is 0 Å². The highest BCUT2D eigenvalue weighted by Crippen LogP contribution is 2.21. The molecule has 0 heterocycles. The zero-order chi connectivity index (χ0) is 15.8. The molecule has 0 aliphatic carbocycles. The van der Waals surface area contributed by atoms with E-state index >= 15 is 0 Å². The molecule has 0 aliphatic rings. The summed E-state index contributed by atoms with van der Waals surface area (Å²) in [6.07, 6.45) is 5.07. The van der Waals surface area contributed by atoms with Crippen LogP contribution in [0.5, 0.6) is 0 Å². The number of nitrogens with zero attached hydrogens (tertiary/aromatic N) is 1. The van der Waals surface area contributed by atoms with Gasteiger partial charge in [-0.15, -0.1) is 0 Å². The van der Waals surface area contributed by atoms with Gasteiger partial charge in [0.2, 0.25) is 5.91 Å². The molecule has 0 saturated carbocycles. The molecule has 0 aromatic heterocycles. The fourth-order valence-electron chi connectivity index (χ4n) is 1.91. The third kappa shape index (κ3) is 11.3. The van der Waals surface area contributed by atoms with Crippen LogP contribution in [0.4, 0.5) is 0 Å². The third-order valence-electron chi connectivity index (χ3n) is 3.72. The van der Waals surface area contributed by atoms with Crippen molar-refractivity contribution < 1.29 is 4.79 Å². The number of unbranched alkanes of at least 4 members (excludes halogenated alkanes) is 1. The first-order valence-electron chi connectivity index (χ1n) is 8.00. The largest absolute Gasteiger partial charge is 0.356 e. The van der Waals surface area contributed by atoms with Crippen molar-refractivity contribution in [1.29, 1.82) is 0 Å². The molecule has 0 fully saturated rings. The van der Waals surface area contributed by atoms with E-state index in [1.165, 1.54) is 12.8 Å². The number of carbonyl (C=O) groups excluding carboxylic acids is 1. The Morgan fingerprint density at radius 3 is 2.10 bits per heavy atom. The molecule has 0 atom stereocenters. The first-order valence-corrected chi connectivity index (χ1v) is 8.00. The second-order valence-corrected chi connectivity index (χ2v) is 8.06. The smallest absolute Gasteiger partial charge is 0.220 e. The van der Waals surface area contributed by atoms with E-state index in [1.54, 1.807) is 0 Å². The SMILES string of the molecule is CN(CCCC(=O)NCCCCC(C)(C)C)C(C)(C)C. The summed E-state index contributed by atoms with van der Waals surface area (Å²) in [5, 5.41) is 3.02. The van der Waals surface area contributed by atoms with Crippen LogP contribution in [0.3, 0.4) is 0 Å². The van der Waals surface area contributed by atoms with Crippen LogP contribution in [0.15, 0.2) is 0 Å². The molecule has 0 radical (unpaired) electrons. The predicted molar refractivity (Wildman–Crippen MR) is 87.9 cm³/mol. The Morgan fingerprint density at radius 1 is 1.00 bits per heavy atom. The minimum Gasteiger partial charge on any atom is -0.356 e. The predicted octanol–water partition coefficient (Wildman–Crippen LogP) is 3.83. The number of carbonyl (C=O) groups is 1. The maximum absolute atomic E-state index is 11.7. The van der Waals surface area contributed by atoms with Gasteiger partial charge in [0, 0.05) is 18.5 Å². The van der Waals surface area contributed by atoms with E-state index in [9.17, 15) is 4.79 Å². The lowest BCUT2D eigenvalue weighted by atomic mass is 9.90. The second-order valence-electron chi connectivity index (χ2n) is 8.06. The average Bonchev–Trinajstić information content (AvgIpc) is 2.25. The molecule has 120 valence electrons. The fourth-order valence-corrected chi connectivity index (χ4v) is 1.91. The molecular weight excluding hydrogens is 248 g/mol. The van der Waals surface area contributed by atoms with Crippen molar-refractivity contribution in [1.82, 2.24) is 10.2 Å². The molecule has 0 saturated heterocycles. The molecule has 0 rings (SSSR count). The molecule has 3 nitrogen and oxygen atoms in total. The van der Waals surface area contributed by atoms with E-state index in [2.05, 4.69) is 58.8 Å². The normalized spacial score (nSPS) is 12.8. The van der Waals surface area contributed by atoms with Crippen LogP contribution >= 0.6 is 0 Å². The zero-order valence-electron chi connectivity index (χ0n) is 14.8. The third-order valence-corrected chi connectivity index (χ3v) is 3.72. The summed E-state index contributed by atoms with van der Waals surface area (Å²) < 4.78 is 0. The number of nitrogens with one attached hydrogen (secondary N) is 1. The Kier molecular flexibility index (Phi) is 8.41. The number of amides is 1. The molecule has 0 bridgehead atoms. The van der Waals surface area contributed by atoms with Crippen LogP contribution in [0.25, 0.3) is 0 Å². The first-order chi connectivity index (χ1) is 9.02. The highest BCUT2D eigenvalue weighted by molar-refractivity contribution is 5.75. The van der Waals surface area contributed by atoms with Gasteiger partial charge in [-0.05, 0) is 59.0 Å². The van der Waals surface area contributed by atoms with E-state index in [-0.39, 0.29) is 11.4 Å². The van der Waals surface area contributed by atoms with E-state index in [0.717, 1.165) is 25.9 Å². The molecule has 0 unspecified atom stereocenters. The summed E-state index contributed by atoms with van der Waals surface area (Å²) >= 11 is 0. The lowest BCUT2D eigenvalue weighted by Crippen LogP contribution is -2.39. The summed E-state index contributed by atoms with van der Waals surface area (Å²) in [5.41, 5.74) is 0.588. The Bertz CT molecular complexity index is 274. The first kappa shape index (κ1) is 19.4. The molecule has 0 aromatic rings. The van der Waals surface area contributed by atoms with Gasteiger partial charge in [-0.1, -0.05) is 27.2 Å². The Balaban J connectivity index is 3.56. The van der Waals surface area contributed by atoms with Crippen LogP contribution in [0.1, 0.15) is 73.6 Å². The molecule has 0 aromatic carbocycles. The minimum absolute atomic E-state index is 0.184. The van der Waals surface area contributed by atoms with Crippen molar-refractivity contribution in [3.05, 3.63) is 0 Å². The number of rotatable bonds is 8. The monoisotopic (exact) mass is 284 g/mol. The van der Waals surface area contributed by atoms with Crippen molar-refractivity contribution in [2.24, 2.45) is 5.41 Å². The van der Waals surface area contributed by atoms with Crippen molar-refractivity contribution in [3.63, 3.8) is 0 Å². The van der Waals surface area contributed by atoms with Gasteiger partial charge in [-0.2, -0.15) is 0 Å². The summed E-state index contributed by atoms with van der Waals surface area (Å²) in [4.78, 5) is 14.0. The summed E-state index contributed by atoms with van der Waals surface area (Å²) in [6.45, 7) is 15.2. The molecule has 1 N–H and O–H groups in total. The fraction of sp³-hybridized carbons (Fsp3) is 0.941. The summed E-state index contributed by atoms with van der Waals surface area (Å²) in [5.74, 6) is 0.197. The van der Waals surface area contributed by atoms with Crippen molar-refractivity contribution in [2.45, 2.75) is 79.2 Å². The molecule has 20 heavy (non-hydrogen) atoms. The number of hydrogen-bond acceptors (Lipinski definition) is 2. The van der Waals surface area contributed by atoms with E-state index < -0.39 is 0 Å². The molecule has 1 amide bonds. The van der Waals surface area contributed by atoms with Crippen molar-refractivity contribution in [2.75, 3.05) is 20.1 Å². The van der Waals surface area contributed by atoms with Crippen LogP contribution < -0.4 is 5.32 Å². The van der Waals surface area contributed by atoms with Gasteiger partial charge in [0.15, 0.2) is 0 Å². The topological polar surface area (TPSA) is 32.3 Å². The summed E-state index contributed by atoms with van der Waals surface area (Å²) in [7, 11) is 2.12. The minimum atomic E-state index is 0.184. The van der Waals surface area contributed by atoms with E-state index in [0.29, 0.717) is 11.8 Å². The molecule has 0 aliphatic heterocycles.